The minimum atomic E-state index is -0.496. The molecule has 0 bridgehead atoms. The number of hydrogen-bond donors (Lipinski definition) is 2. The van der Waals surface area contributed by atoms with Crippen molar-refractivity contribution < 1.29 is 9.59 Å². The van der Waals surface area contributed by atoms with Crippen LogP contribution in [0.15, 0.2) is 0 Å². The first kappa shape index (κ1) is 18.9. The molecule has 0 heterocycles. The van der Waals surface area contributed by atoms with Gasteiger partial charge in [-0.05, 0) is 32.6 Å². The lowest BCUT2D eigenvalue weighted by Crippen LogP contribution is -2.47. The van der Waals surface area contributed by atoms with Crippen molar-refractivity contribution in [3.8, 4) is 0 Å². The van der Waals surface area contributed by atoms with Crippen molar-refractivity contribution in [3.05, 3.63) is 0 Å². The van der Waals surface area contributed by atoms with E-state index in [0.717, 1.165) is 6.42 Å². The van der Waals surface area contributed by atoms with Gasteiger partial charge >= 0.3 is 0 Å². The van der Waals surface area contributed by atoms with Gasteiger partial charge in [-0.2, -0.15) is 0 Å². The van der Waals surface area contributed by atoms with E-state index in [1.165, 1.54) is 0 Å². The average molecular weight is 285 g/mol. The molecule has 20 heavy (non-hydrogen) atoms. The molecular formula is C15H31N3O2. The maximum Gasteiger partial charge on any atom is 0.244 e. The number of nitrogens with two attached hydrogens (primary N) is 1. The van der Waals surface area contributed by atoms with E-state index >= 15 is 0 Å². The predicted molar refractivity (Wildman–Crippen MR) is 82.2 cm³/mol. The number of nitrogens with zero attached hydrogens (tertiary/aromatic N) is 1. The molecule has 3 N–H and O–H groups in total. The minimum absolute atomic E-state index is 0.0484. The summed E-state index contributed by atoms with van der Waals surface area (Å²) in [6.45, 7) is 13.2. The summed E-state index contributed by atoms with van der Waals surface area (Å²) in [5.74, 6) is -0.206. The van der Waals surface area contributed by atoms with Crippen molar-refractivity contribution in [1.82, 2.24) is 10.2 Å². The average Bonchev–Trinajstić information content (AvgIpc) is 2.27. The maximum atomic E-state index is 12.0. The first-order valence-corrected chi connectivity index (χ1v) is 7.44. The summed E-state index contributed by atoms with van der Waals surface area (Å²) in [4.78, 5) is 25.6. The number of carbonyl (C=O) groups excluding carboxylic acids is 2. The van der Waals surface area contributed by atoms with Crippen molar-refractivity contribution in [2.45, 2.75) is 66.5 Å². The number of likely N-dealkylation sites (N-methyl/N-ethyl adjacent to an activating group) is 1. The lowest BCUT2D eigenvalue weighted by molar-refractivity contribution is -0.135. The van der Waals surface area contributed by atoms with E-state index < -0.39 is 6.04 Å². The van der Waals surface area contributed by atoms with Gasteiger partial charge in [0.1, 0.15) is 6.04 Å². The van der Waals surface area contributed by atoms with Gasteiger partial charge in [0, 0.05) is 25.6 Å². The third-order valence-corrected chi connectivity index (χ3v) is 3.15. The molecule has 2 amide bonds. The van der Waals surface area contributed by atoms with Crippen molar-refractivity contribution >= 4 is 11.8 Å². The molecule has 0 fully saturated rings. The monoisotopic (exact) mass is 285 g/mol. The van der Waals surface area contributed by atoms with E-state index in [9.17, 15) is 9.59 Å². The van der Waals surface area contributed by atoms with E-state index in [2.05, 4.69) is 26.1 Å². The molecule has 0 radical (unpaired) electrons. The lowest BCUT2D eigenvalue weighted by Gasteiger charge is -2.25. The molecule has 2 atom stereocenters. The Balaban J connectivity index is 4.29. The summed E-state index contributed by atoms with van der Waals surface area (Å²) in [5.41, 5.74) is 6.07. The second-order valence-electron chi connectivity index (χ2n) is 6.53. The molecule has 2 unspecified atom stereocenters. The third kappa shape index (κ3) is 7.48. The standard InChI is InChI=1S/C15H31N3O2/c1-7-18(8-2)14(20)11(3)17-13(19)9-12(16)10-15(4,5)6/h11-12H,7-10,16H2,1-6H3,(H,17,19). The van der Waals surface area contributed by atoms with E-state index in [-0.39, 0.29) is 29.7 Å². The van der Waals surface area contributed by atoms with Crippen LogP contribution in [-0.2, 0) is 9.59 Å². The van der Waals surface area contributed by atoms with Crippen molar-refractivity contribution in [2.75, 3.05) is 13.1 Å². The van der Waals surface area contributed by atoms with Gasteiger partial charge in [-0.15, -0.1) is 0 Å². The van der Waals surface area contributed by atoms with Crippen LogP contribution in [0.25, 0.3) is 0 Å². The first-order chi connectivity index (χ1) is 9.10. The van der Waals surface area contributed by atoms with Gasteiger partial charge in [0.15, 0.2) is 0 Å². The molecule has 0 aliphatic rings. The minimum Gasteiger partial charge on any atom is -0.345 e. The Labute approximate surface area is 123 Å². The van der Waals surface area contributed by atoms with Crippen molar-refractivity contribution in [3.63, 3.8) is 0 Å². The second-order valence-corrected chi connectivity index (χ2v) is 6.53. The summed E-state index contributed by atoms with van der Waals surface area (Å²) in [6.07, 6.45) is 1.03. The molecule has 0 spiro atoms. The van der Waals surface area contributed by atoms with E-state index in [0.29, 0.717) is 13.1 Å². The smallest absolute Gasteiger partial charge is 0.244 e. The Hall–Kier alpha value is -1.10. The first-order valence-electron chi connectivity index (χ1n) is 7.44. The fourth-order valence-electron chi connectivity index (χ4n) is 2.27. The molecule has 0 aliphatic carbocycles. The van der Waals surface area contributed by atoms with E-state index in [4.69, 9.17) is 5.73 Å². The predicted octanol–water partition coefficient (Wildman–Crippen LogP) is 1.51. The number of carbonyl (C=O) groups is 2. The van der Waals surface area contributed by atoms with Crippen LogP contribution in [0.1, 0.15) is 54.4 Å². The maximum absolute atomic E-state index is 12.0. The van der Waals surface area contributed by atoms with E-state index in [1.807, 2.05) is 13.8 Å². The molecule has 0 saturated heterocycles. The van der Waals surface area contributed by atoms with Gasteiger partial charge in [-0.1, -0.05) is 20.8 Å². The zero-order valence-electron chi connectivity index (χ0n) is 13.8. The zero-order chi connectivity index (χ0) is 15.9. The summed E-state index contributed by atoms with van der Waals surface area (Å²) in [5, 5.41) is 2.74. The highest BCUT2D eigenvalue weighted by Crippen LogP contribution is 2.20. The van der Waals surface area contributed by atoms with Crippen LogP contribution in [-0.4, -0.2) is 41.9 Å². The summed E-state index contributed by atoms with van der Waals surface area (Å²) in [7, 11) is 0. The van der Waals surface area contributed by atoms with Crippen LogP contribution in [0.4, 0.5) is 0 Å². The number of hydrogen-bond acceptors (Lipinski definition) is 3. The largest absolute Gasteiger partial charge is 0.345 e. The summed E-state index contributed by atoms with van der Waals surface area (Å²) in [6, 6.07) is -0.671. The SMILES string of the molecule is CCN(CC)C(=O)C(C)NC(=O)CC(N)CC(C)(C)C. The Morgan fingerprint density at radius 3 is 2.10 bits per heavy atom. The Morgan fingerprint density at radius 2 is 1.70 bits per heavy atom. The fourth-order valence-corrected chi connectivity index (χ4v) is 2.27. The topological polar surface area (TPSA) is 75.4 Å². The van der Waals surface area contributed by atoms with Gasteiger partial charge in [-0.3, -0.25) is 9.59 Å². The molecule has 0 aromatic carbocycles. The zero-order valence-corrected chi connectivity index (χ0v) is 13.8. The van der Waals surface area contributed by atoms with Crippen LogP contribution in [0.5, 0.6) is 0 Å². The van der Waals surface area contributed by atoms with Crippen LogP contribution in [0.3, 0.4) is 0 Å². The molecular weight excluding hydrogens is 254 g/mol. The molecule has 0 aliphatic heterocycles. The lowest BCUT2D eigenvalue weighted by atomic mass is 9.87. The van der Waals surface area contributed by atoms with Gasteiger partial charge in [0.05, 0.1) is 0 Å². The van der Waals surface area contributed by atoms with Crippen LogP contribution in [0.2, 0.25) is 0 Å². The van der Waals surface area contributed by atoms with Crippen molar-refractivity contribution in [1.29, 1.82) is 0 Å². The molecule has 118 valence electrons. The highest BCUT2D eigenvalue weighted by Gasteiger charge is 2.22. The number of amides is 2. The number of nitrogens with one attached hydrogen (secondary N) is 1. The highest BCUT2D eigenvalue weighted by atomic mass is 16.2. The normalized spacial score (nSPS) is 14.6. The summed E-state index contributed by atoms with van der Waals surface area (Å²) < 4.78 is 0. The van der Waals surface area contributed by atoms with Gasteiger partial charge < -0.3 is 16.0 Å². The van der Waals surface area contributed by atoms with Crippen LogP contribution < -0.4 is 11.1 Å². The molecule has 5 nitrogen and oxygen atoms in total. The van der Waals surface area contributed by atoms with Crippen LogP contribution in [0, 0.1) is 5.41 Å². The molecule has 0 rings (SSSR count). The molecule has 0 saturated carbocycles. The summed E-state index contributed by atoms with van der Waals surface area (Å²) >= 11 is 0. The van der Waals surface area contributed by atoms with Gasteiger partial charge in [-0.25, -0.2) is 0 Å². The highest BCUT2D eigenvalue weighted by molar-refractivity contribution is 5.87. The van der Waals surface area contributed by atoms with Gasteiger partial charge in [0.25, 0.3) is 0 Å². The third-order valence-electron chi connectivity index (χ3n) is 3.15. The molecule has 0 aromatic heterocycles. The number of rotatable bonds is 7. The molecule has 0 aromatic rings. The Bertz CT molecular complexity index is 320. The van der Waals surface area contributed by atoms with Gasteiger partial charge in [0.2, 0.25) is 11.8 Å². The fraction of sp³-hybridized carbons (Fsp3) is 0.867. The Morgan fingerprint density at radius 1 is 1.20 bits per heavy atom. The van der Waals surface area contributed by atoms with Crippen LogP contribution >= 0.6 is 0 Å². The molecule has 5 heteroatoms. The Kier molecular flexibility index (Phi) is 7.79. The quantitative estimate of drug-likeness (QED) is 0.744. The van der Waals surface area contributed by atoms with Crippen molar-refractivity contribution in [2.24, 2.45) is 11.1 Å². The van der Waals surface area contributed by atoms with E-state index in [1.54, 1.807) is 11.8 Å². The second kappa shape index (κ2) is 8.25.